The van der Waals surface area contributed by atoms with Crippen molar-refractivity contribution in [1.29, 1.82) is 0 Å². The Kier molecular flexibility index (Phi) is 6.44. The number of hydrogen-bond acceptors (Lipinski definition) is 5. The molecule has 1 aromatic heterocycles. The molecule has 1 unspecified atom stereocenters. The minimum Gasteiger partial charge on any atom is -0.368 e. The highest BCUT2D eigenvalue weighted by molar-refractivity contribution is 6.30. The number of hydrogen-bond donors (Lipinski definition) is 0. The topological polar surface area (TPSA) is 52.6 Å². The number of carbonyl (C=O) groups is 1. The first-order valence-corrected chi connectivity index (χ1v) is 12.0. The van der Waals surface area contributed by atoms with Gasteiger partial charge in [-0.25, -0.2) is 0 Å². The van der Waals surface area contributed by atoms with Crippen LogP contribution in [0.3, 0.4) is 0 Å². The third-order valence-corrected chi connectivity index (χ3v) is 6.85. The van der Waals surface area contributed by atoms with Crippen molar-refractivity contribution in [3.8, 4) is 11.3 Å². The van der Waals surface area contributed by atoms with E-state index in [1.807, 2.05) is 71.6 Å². The molecule has 7 heteroatoms. The van der Waals surface area contributed by atoms with Crippen LogP contribution in [0.15, 0.2) is 66.7 Å². The van der Waals surface area contributed by atoms with E-state index in [-0.39, 0.29) is 11.8 Å². The largest absolute Gasteiger partial charge is 0.368 e. The van der Waals surface area contributed by atoms with E-state index in [2.05, 4.69) is 20.0 Å². The van der Waals surface area contributed by atoms with Gasteiger partial charge in [0.1, 0.15) is 0 Å². The number of benzene rings is 2. The van der Waals surface area contributed by atoms with E-state index in [4.69, 9.17) is 11.6 Å². The fraction of sp³-hybridized carbons (Fsp3) is 0.346. The van der Waals surface area contributed by atoms with Crippen LogP contribution < -0.4 is 9.80 Å². The molecule has 1 atom stereocenters. The van der Waals surface area contributed by atoms with E-state index in [0.29, 0.717) is 6.54 Å². The number of aromatic nitrogens is 2. The zero-order chi connectivity index (χ0) is 22.6. The molecule has 0 bridgehead atoms. The fourth-order valence-electron chi connectivity index (χ4n) is 4.74. The van der Waals surface area contributed by atoms with Crippen molar-refractivity contribution in [2.75, 3.05) is 49.1 Å². The predicted octanol–water partition coefficient (Wildman–Crippen LogP) is 4.36. The summed E-state index contributed by atoms with van der Waals surface area (Å²) in [5, 5.41) is 9.64. The number of carbonyl (C=O) groups excluding carboxylic acids is 1. The van der Waals surface area contributed by atoms with Crippen molar-refractivity contribution in [3.63, 3.8) is 0 Å². The summed E-state index contributed by atoms with van der Waals surface area (Å²) in [5.74, 6) is 1.13. The second-order valence-corrected chi connectivity index (χ2v) is 9.15. The van der Waals surface area contributed by atoms with Gasteiger partial charge in [-0.05, 0) is 49.2 Å². The summed E-state index contributed by atoms with van der Waals surface area (Å²) in [6.45, 7) is 4.81. The molecule has 0 radical (unpaired) electrons. The molecule has 0 spiro atoms. The van der Waals surface area contributed by atoms with Gasteiger partial charge >= 0.3 is 0 Å². The quantitative estimate of drug-likeness (QED) is 0.577. The highest BCUT2D eigenvalue weighted by Crippen LogP contribution is 2.26. The van der Waals surface area contributed by atoms with E-state index in [0.717, 1.165) is 73.4 Å². The Morgan fingerprint density at radius 1 is 0.818 bits per heavy atom. The van der Waals surface area contributed by atoms with Gasteiger partial charge in [0, 0.05) is 55.5 Å². The first-order valence-electron chi connectivity index (χ1n) is 11.6. The minimum atomic E-state index is 0.0106. The van der Waals surface area contributed by atoms with Gasteiger partial charge in [-0.15, -0.1) is 10.2 Å². The second kappa shape index (κ2) is 9.79. The Morgan fingerprint density at radius 2 is 1.58 bits per heavy atom. The van der Waals surface area contributed by atoms with E-state index in [9.17, 15) is 4.79 Å². The lowest BCUT2D eigenvalue weighted by molar-refractivity contribution is -0.136. The van der Waals surface area contributed by atoms with Crippen molar-refractivity contribution in [1.82, 2.24) is 15.1 Å². The zero-order valence-electron chi connectivity index (χ0n) is 18.6. The van der Waals surface area contributed by atoms with Gasteiger partial charge in [0.25, 0.3) is 0 Å². The number of piperidine rings is 1. The highest BCUT2D eigenvalue weighted by atomic mass is 35.5. The number of halogens is 1. The lowest BCUT2D eigenvalue weighted by atomic mass is 9.96. The number of amides is 1. The summed E-state index contributed by atoms with van der Waals surface area (Å²) in [7, 11) is 0. The number of nitrogens with zero attached hydrogens (tertiary/aromatic N) is 5. The second-order valence-electron chi connectivity index (χ2n) is 8.72. The number of rotatable bonds is 4. The molecule has 2 aliphatic heterocycles. The summed E-state index contributed by atoms with van der Waals surface area (Å²) >= 11 is 6.01. The van der Waals surface area contributed by atoms with Gasteiger partial charge in [-0.2, -0.15) is 0 Å². The summed E-state index contributed by atoms with van der Waals surface area (Å²) in [4.78, 5) is 19.8. The maximum absolute atomic E-state index is 13.3. The summed E-state index contributed by atoms with van der Waals surface area (Å²) in [6, 6.07) is 22.0. The minimum absolute atomic E-state index is 0.0106. The Morgan fingerprint density at radius 3 is 2.27 bits per heavy atom. The molecule has 3 heterocycles. The molecule has 33 heavy (non-hydrogen) atoms. The van der Waals surface area contributed by atoms with Crippen LogP contribution in [0.4, 0.5) is 11.5 Å². The molecule has 0 N–H and O–H groups in total. The molecule has 2 aliphatic rings. The first-order chi connectivity index (χ1) is 16.2. The van der Waals surface area contributed by atoms with Crippen LogP contribution in [0, 0.1) is 5.92 Å². The normalized spacial score (nSPS) is 18.9. The summed E-state index contributed by atoms with van der Waals surface area (Å²) in [5.41, 5.74) is 3.08. The van der Waals surface area contributed by atoms with Crippen LogP contribution in [-0.2, 0) is 4.79 Å². The van der Waals surface area contributed by atoms with Gasteiger partial charge < -0.3 is 14.7 Å². The van der Waals surface area contributed by atoms with Crippen molar-refractivity contribution in [2.45, 2.75) is 12.8 Å². The van der Waals surface area contributed by atoms with Crippen LogP contribution in [0.2, 0.25) is 5.02 Å². The van der Waals surface area contributed by atoms with Gasteiger partial charge in [0.05, 0.1) is 11.6 Å². The Balaban J connectivity index is 1.18. The van der Waals surface area contributed by atoms with Crippen molar-refractivity contribution < 1.29 is 4.79 Å². The lowest BCUT2D eigenvalue weighted by Gasteiger charge is -2.40. The molecule has 2 saturated heterocycles. The lowest BCUT2D eigenvalue weighted by Crippen LogP contribution is -2.52. The maximum Gasteiger partial charge on any atom is 0.227 e. The molecule has 0 aliphatic carbocycles. The smallest absolute Gasteiger partial charge is 0.227 e. The molecule has 0 saturated carbocycles. The van der Waals surface area contributed by atoms with E-state index in [1.54, 1.807) is 0 Å². The average Bonchev–Trinajstić information content (AvgIpc) is 2.89. The Bertz CT molecular complexity index is 1070. The van der Waals surface area contributed by atoms with Gasteiger partial charge in [0.15, 0.2) is 5.82 Å². The van der Waals surface area contributed by atoms with Crippen LogP contribution in [0.25, 0.3) is 11.3 Å². The van der Waals surface area contributed by atoms with E-state index < -0.39 is 0 Å². The molecule has 3 aromatic rings. The van der Waals surface area contributed by atoms with Crippen LogP contribution in [0.5, 0.6) is 0 Å². The maximum atomic E-state index is 13.3. The molecule has 170 valence electrons. The van der Waals surface area contributed by atoms with Gasteiger partial charge in [-0.1, -0.05) is 41.9 Å². The first kappa shape index (κ1) is 21.7. The number of piperazine rings is 1. The molecule has 6 nitrogen and oxygen atoms in total. The van der Waals surface area contributed by atoms with Gasteiger partial charge in [0.2, 0.25) is 5.91 Å². The molecule has 5 rings (SSSR count). The van der Waals surface area contributed by atoms with E-state index in [1.165, 1.54) is 0 Å². The van der Waals surface area contributed by atoms with Gasteiger partial charge in [-0.3, -0.25) is 4.79 Å². The molecular weight excluding hydrogens is 434 g/mol. The van der Waals surface area contributed by atoms with Crippen LogP contribution in [0.1, 0.15) is 12.8 Å². The van der Waals surface area contributed by atoms with Crippen molar-refractivity contribution in [2.24, 2.45) is 5.92 Å². The third kappa shape index (κ3) is 4.96. The SMILES string of the molecule is O=C(C1CCCN(c2ccc(-c3ccccc3)nn2)C1)N1CCN(c2ccc(Cl)cc2)CC1. The van der Waals surface area contributed by atoms with Crippen molar-refractivity contribution in [3.05, 3.63) is 71.8 Å². The molecule has 2 aromatic carbocycles. The highest BCUT2D eigenvalue weighted by Gasteiger charge is 2.31. The zero-order valence-corrected chi connectivity index (χ0v) is 19.4. The van der Waals surface area contributed by atoms with Crippen LogP contribution >= 0.6 is 11.6 Å². The molecule has 1 amide bonds. The number of anilines is 2. The van der Waals surface area contributed by atoms with Crippen LogP contribution in [-0.4, -0.2) is 60.3 Å². The fourth-order valence-corrected chi connectivity index (χ4v) is 4.86. The molecular formula is C26H28ClN5O. The third-order valence-electron chi connectivity index (χ3n) is 6.60. The van der Waals surface area contributed by atoms with E-state index >= 15 is 0 Å². The Labute approximate surface area is 199 Å². The monoisotopic (exact) mass is 461 g/mol. The Hall–Kier alpha value is -3.12. The van der Waals surface area contributed by atoms with Crippen molar-refractivity contribution >= 4 is 29.0 Å². The summed E-state index contributed by atoms with van der Waals surface area (Å²) in [6.07, 6.45) is 1.92. The standard InChI is InChI=1S/C26H28ClN5O/c27-22-8-10-23(11-9-22)30-15-17-31(18-16-30)26(33)21-7-4-14-32(19-21)25-13-12-24(28-29-25)20-5-2-1-3-6-20/h1-3,5-6,8-13,21H,4,7,14-19H2. The summed E-state index contributed by atoms with van der Waals surface area (Å²) < 4.78 is 0. The predicted molar refractivity (Wildman–Crippen MR) is 133 cm³/mol. The molecule has 2 fully saturated rings. The average molecular weight is 462 g/mol.